The molecule has 0 aromatic heterocycles. The van der Waals surface area contributed by atoms with E-state index in [4.69, 9.17) is 10.5 Å². The van der Waals surface area contributed by atoms with Gasteiger partial charge in [-0.25, -0.2) is 4.79 Å². The van der Waals surface area contributed by atoms with Crippen molar-refractivity contribution in [2.75, 3.05) is 19.6 Å². The third kappa shape index (κ3) is 3.96. The summed E-state index contributed by atoms with van der Waals surface area (Å²) in [4.78, 5) is 24.7. The van der Waals surface area contributed by atoms with Gasteiger partial charge in [0.05, 0.1) is 6.54 Å². The quantitative estimate of drug-likeness (QED) is 0.838. The maximum atomic E-state index is 11.9. The fourth-order valence-electron chi connectivity index (χ4n) is 2.14. The minimum absolute atomic E-state index is 0.0321. The van der Waals surface area contributed by atoms with Gasteiger partial charge in [0.25, 0.3) is 0 Å². The molecule has 1 aliphatic heterocycles. The van der Waals surface area contributed by atoms with Gasteiger partial charge in [-0.05, 0) is 12.0 Å². The summed E-state index contributed by atoms with van der Waals surface area (Å²) < 4.78 is 5.24. The summed E-state index contributed by atoms with van der Waals surface area (Å²) in [6.07, 6.45) is 0.380. The number of hydrogen-bond acceptors (Lipinski definition) is 4. The Balaban J connectivity index is 1.75. The molecule has 108 valence electrons. The Kier molecular flexibility index (Phi) is 4.95. The minimum atomic E-state index is -0.349. The van der Waals surface area contributed by atoms with E-state index >= 15 is 0 Å². The van der Waals surface area contributed by atoms with E-state index in [0.717, 1.165) is 12.0 Å². The molecule has 1 aromatic carbocycles. The first-order valence-electron chi connectivity index (χ1n) is 6.64. The standard InChI is InChI=1S/C14H19N3O3/c15-8-13(18)16-12-6-7-17(9-12)14(19)20-10-11-4-2-1-3-5-11/h1-5,12H,6-10,15H2,(H,16,18)/t12-/m0/s1. The zero-order valence-corrected chi connectivity index (χ0v) is 11.2. The van der Waals surface area contributed by atoms with E-state index in [0.29, 0.717) is 13.1 Å². The Morgan fingerprint density at radius 3 is 2.80 bits per heavy atom. The van der Waals surface area contributed by atoms with Crippen molar-refractivity contribution in [2.24, 2.45) is 5.73 Å². The van der Waals surface area contributed by atoms with Gasteiger partial charge in [-0.15, -0.1) is 0 Å². The van der Waals surface area contributed by atoms with Crippen molar-refractivity contribution in [2.45, 2.75) is 19.1 Å². The highest BCUT2D eigenvalue weighted by Gasteiger charge is 2.27. The van der Waals surface area contributed by atoms with E-state index in [1.54, 1.807) is 4.90 Å². The van der Waals surface area contributed by atoms with Crippen molar-refractivity contribution < 1.29 is 14.3 Å². The molecule has 0 bridgehead atoms. The lowest BCUT2D eigenvalue weighted by Gasteiger charge is -2.16. The number of nitrogens with one attached hydrogen (secondary N) is 1. The molecular formula is C14H19N3O3. The van der Waals surface area contributed by atoms with Crippen molar-refractivity contribution >= 4 is 12.0 Å². The topological polar surface area (TPSA) is 84.7 Å². The molecule has 6 nitrogen and oxygen atoms in total. The number of nitrogens with zero attached hydrogens (tertiary/aromatic N) is 1. The molecule has 3 N–H and O–H groups in total. The van der Waals surface area contributed by atoms with Gasteiger partial charge in [0.1, 0.15) is 6.61 Å². The van der Waals surface area contributed by atoms with Gasteiger partial charge in [0.15, 0.2) is 0 Å². The van der Waals surface area contributed by atoms with Crippen LogP contribution in [0.1, 0.15) is 12.0 Å². The van der Waals surface area contributed by atoms with Crippen LogP contribution < -0.4 is 11.1 Å². The molecule has 2 amide bonds. The second-order valence-electron chi connectivity index (χ2n) is 4.74. The Hall–Kier alpha value is -2.08. The summed E-state index contributed by atoms with van der Waals surface area (Å²) in [5, 5.41) is 2.77. The third-order valence-electron chi connectivity index (χ3n) is 3.20. The normalized spacial score (nSPS) is 17.9. The lowest BCUT2D eigenvalue weighted by atomic mass is 10.2. The average Bonchev–Trinajstić information content (AvgIpc) is 2.94. The van der Waals surface area contributed by atoms with Gasteiger partial charge in [-0.3, -0.25) is 4.79 Å². The molecule has 1 aliphatic rings. The van der Waals surface area contributed by atoms with Crippen LogP contribution in [-0.4, -0.2) is 42.6 Å². The molecule has 0 unspecified atom stereocenters. The molecule has 1 heterocycles. The van der Waals surface area contributed by atoms with E-state index in [9.17, 15) is 9.59 Å². The highest BCUT2D eigenvalue weighted by molar-refractivity contribution is 5.78. The number of amides is 2. The maximum absolute atomic E-state index is 11.9. The van der Waals surface area contributed by atoms with Gasteiger partial charge in [-0.1, -0.05) is 30.3 Å². The molecule has 0 radical (unpaired) electrons. The summed E-state index contributed by atoms with van der Waals surface area (Å²) in [6, 6.07) is 9.49. The van der Waals surface area contributed by atoms with E-state index in [2.05, 4.69) is 5.32 Å². The minimum Gasteiger partial charge on any atom is -0.445 e. The number of carbonyl (C=O) groups is 2. The Morgan fingerprint density at radius 2 is 2.10 bits per heavy atom. The number of hydrogen-bond donors (Lipinski definition) is 2. The summed E-state index contributed by atoms with van der Waals surface area (Å²) in [5.41, 5.74) is 6.19. The Morgan fingerprint density at radius 1 is 1.35 bits per heavy atom. The highest BCUT2D eigenvalue weighted by Crippen LogP contribution is 2.11. The number of ether oxygens (including phenoxy) is 1. The van der Waals surface area contributed by atoms with Crippen LogP contribution in [0.5, 0.6) is 0 Å². The zero-order valence-electron chi connectivity index (χ0n) is 11.2. The molecule has 20 heavy (non-hydrogen) atoms. The number of carbonyl (C=O) groups excluding carboxylic acids is 2. The van der Waals surface area contributed by atoms with E-state index in [-0.39, 0.29) is 31.2 Å². The van der Waals surface area contributed by atoms with Gasteiger partial charge in [-0.2, -0.15) is 0 Å². The van der Waals surface area contributed by atoms with Crippen molar-refractivity contribution in [1.82, 2.24) is 10.2 Å². The van der Waals surface area contributed by atoms with Gasteiger partial charge in [0.2, 0.25) is 5.91 Å². The van der Waals surface area contributed by atoms with Gasteiger partial charge < -0.3 is 20.7 Å². The maximum Gasteiger partial charge on any atom is 0.410 e. The van der Waals surface area contributed by atoms with Crippen LogP contribution in [0.4, 0.5) is 4.79 Å². The van der Waals surface area contributed by atoms with E-state index in [1.807, 2.05) is 30.3 Å². The molecule has 0 aliphatic carbocycles. The van der Waals surface area contributed by atoms with Crippen LogP contribution in [0.25, 0.3) is 0 Å². The largest absolute Gasteiger partial charge is 0.445 e. The molecular weight excluding hydrogens is 258 g/mol. The second-order valence-corrected chi connectivity index (χ2v) is 4.74. The first kappa shape index (κ1) is 14.3. The molecule has 2 rings (SSSR count). The number of likely N-dealkylation sites (tertiary alicyclic amines) is 1. The third-order valence-corrected chi connectivity index (χ3v) is 3.20. The van der Waals surface area contributed by atoms with Gasteiger partial charge >= 0.3 is 6.09 Å². The SMILES string of the molecule is NCC(=O)N[C@H]1CCN(C(=O)OCc2ccccc2)C1. The van der Waals surface area contributed by atoms with Crippen molar-refractivity contribution in [3.8, 4) is 0 Å². The van der Waals surface area contributed by atoms with Crippen molar-refractivity contribution in [3.63, 3.8) is 0 Å². The highest BCUT2D eigenvalue weighted by atomic mass is 16.6. The number of benzene rings is 1. The first-order valence-corrected chi connectivity index (χ1v) is 6.64. The van der Waals surface area contributed by atoms with E-state index in [1.165, 1.54) is 0 Å². The summed E-state index contributed by atoms with van der Waals surface area (Å²) in [6.45, 7) is 1.29. The fraction of sp³-hybridized carbons (Fsp3) is 0.429. The summed E-state index contributed by atoms with van der Waals surface area (Å²) >= 11 is 0. The number of rotatable bonds is 4. The molecule has 1 aromatic rings. The molecule has 0 spiro atoms. The van der Waals surface area contributed by atoms with Crippen LogP contribution >= 0.6 is 0 Å². The first-order chi connectivity index (χ1) is 9.69. The van der Waals surface area contributed by atoms with Crippen LogP contribution in [-0.2, 0) is 16.1 Å². The predicted octanol–water partition coefficient (Wildman–Crippen LogP) is 0.472. The Labute approximate surface area is 117 Å². The van der Waals surface area contributed by atoms with Crippen molar-refractivity contribution in [1.29, 1.82) is 0 Å². The molecule has 1 saturated heterocycles. The van der Waals surface area contributed by atoms with Crippen LogP contribution in [0, 0.1) is 0 Å². The molecule has 1 atom stereocenters. The Bertz CT molecular complexity index is 464. The van der Waals surface area contributed by atoms with Crippen molar-refractivity contribution in [3.05, 3.63) is 35.9 Å². The van der Waals surface area contributed by atoms with Crippen LogP contribution in [0.2, 0.25) is 0 Å². The van der Waals surface area contributed by atoms with Crippen LogP contribution in [0.3, 0.4) is 0 Å². The lowest BCUT2D eigenvalue weighted by molar-refractivity contribution is -0.120. The smallest absolute Gasteiger partial charge is 0.410 e. The lowest BCUT2D eigenvalue weighted by Crippen LogP contribution is -2.41. The predicted molar refractivity (Wildman–Crippen MR) is 73.8 cm³/mol. The molecule has 6 heteroatoms. The summed E-state index contributed by atoms with van der Waals surface area (Å²) in [5.74, 6) is -0.200. The fourth-order valence-corrected chi connectivity index (χ4v) is 2.14. The van der Waals surface area contributed by atoms with Gasteiger partial charge in [0, 0.05) is 19.1 Å². The van der Waals surface area contributed by atoms with Crippen LogP contribution in [0.15, 0.2) is 30.3 Å². The summed E-state index contributed by atoms with van der Waals surface area (Å²) in [7, 11) is 0. The second kappa shape index (κ2) is 6.91. The van der Waals surface area contributed by atoms with E-state index < -0.39 is 0 Å². The average molecular weight is 277 g/mol. The molecule has 0 saturated carbocycles. The monoisotopic (exact) mass is 277 g/mol. The zero-order chi connectivity index (χ0) is 14.4. The molecule has 1 fully saturated rings. The number of nitrogens with two attached hydrogens (primary N) is 1.